The van der Waals surface area contributed by atoms with Gasteiger partial charge in [0, 0.05) is 30.1 Å². The molecule has 2 aromatic carbocycles. The Morgan fingerprint density at radius 3 is 2.92 bits per heavy atom. The third-order valence-corrected chi connectivity index (χ3v) is 7.56. The van der Waals surface area contributed by atoms with Crippen molar-refractivity contribution in [2.45, 2.75) is 38.1 Å². The number of hydrogen-bond donors (Lipinski definition) is 2. The van der Waals surface area contributed by atoms with E-state index >= 15 is 4.39 Å². The molecule has 5 rings (SSSR count). The van der Waals surface area contributed by atoms with Crippen LogP contribution in [0.2, 0.25) is 0 Å². The van der Waals surface area contributed by atoms with Gasteiger partial charge in [-0.15, -0.1) is 11.3 Å². The van der Waals surface area contributed by atoms with Crippen LogP contribution in [0.4, 0.5) is 20.5 Å². The lowest BCUT2D eigenvalue weighted by Crippen LogP contribution is -2.27. The molecule has 4 aromatic rings. The van der Waals surface area contributed by atoms with Gasteiger partial charge in [-0.2, -0.15) is 10.0 Å². The zero-order valence-electron chi connectivity index (χ0n) is 21.5. The lowest BCUT2D eigenvalue weighted by molar-refractivity contribution is -0.176. The van der Waals surface area contributed by atoms with Gasteiger partial charge in [-0.3, -0.25) is 14.4 Å². The molecule has 0 unspecified atom stereocenters. The molecule has 1 aliphatic rings. The third kappa shape index (κ3) is 6.27. The largest absolute Gasteiger partial charge is 0.495 e. The number of aromatic nitrogens is 2. The van der Waals surface area contributed by atoms with Crippen LogP contribution < -0.4 is 10.1 Å². The number of carboxylic acid groups (broad SMARTS) is 1. The van der Waals surface area contributed by atoms with E-state index < -0.39 is 17.6 Å². The molecule has 0 saturated carbocycles. The Morgan fingerprint density at radius 1 is 1.27 bits per heavy atom. The summed E-state index contributed by atoms with van der Waals surface area (Å²) < 4.78 is 39.6. The van der Waals surface area contributed by atoms with E-state index in [0.717, 1.165) is 22.7 Å². The summed E-state index contributed by atoms with van der Waals surface area (Å²) in [6.07, 6.45) is 3.58. The summed E-state index contributed by atoms with van der Waals surface area (Å²) in [7, 11) is 1.43. The molecule has 0 amide bonds. The number of benzene rings is 2. The number of carbonyl (C=O) groups is 2. The number of nitrogens with one attached hydrogen (secondary N) is 1. The van der Waals surface area contributed by atoms with Crippen LogP contribution in [0.15, 0.2) is 40.9 Å². The lowest BCUT2D eigenvalue weighted by atomic mass is 10.1. The monoisotopic (exact) mass is 572 g/mol. The van der Waals surface area contributed by atoms with Crippen LogP contribution in [0.25, 0.3) is 11.1 Å². The van der Waals surface area contributed by atoms with Crippen molar-refractivity contribution in [2.75, 3.05) is 25.6 Å². The highest BCUT2D eigenvalue weighted by Crippen LogP contribution is 2.35. The number of nitrogens with zero attached hydrogens (tertiary/aromatic N) is 3. The highest BCUT2D eigenvalue weighted by Gasteiger charge is 2.30. The number of ketones is 1. The number of fused-ring (bicyclic) bond motifs is 1. The Kier molecular flexibility index (Phi) is 8.33. The first kappa shape index (κ1) is 27.6. The number of halogens is 2. The van der Waals surface area contributed by atoms with Gasteiger partial charge in [-0.05, 0) is 43.0 Å². The predicted molar refractivity (Wildman–Crippen MR) is 142 cm³/mol. The number of hydrogen-bond acceptors (Lipinski definition) is 10. The average molecular weight is 573 g/mol. The van der Waals surface area contributed by atoms with Gasteiger partial charge in [-0.1, -0.05) is 6.07 Å². The highest BCUT2D eigenvalue weighted by molar-refractivity contribution is 7.11. The highest BCUT2D eigenvalue weighted by atomic mass is 32.1. The number of thiazole rings is 1. The minimum absolute atomic E-state index is 0.0387. The Morgan fingerprint density at radius 2 is 2.12 bits per heavy atom. The van der Waals surface area contributed by atoms with Crippen molar-refractivity contribution < 1.29 is 37.5 Å². The number of aryl methyl sites for hydroxylation is 1. The fourth-order valence-electron chi connectivity index (χ4n) is 4.47. The van der Waals surface area contributed by atoms with Gasteiger partial charge in [-0.25, -0.2) is 13.8 Å². The first-order valence-electron chi connectivity index (χ1n) is 12.6. The normalized spacial score (nSPS) is 15.5. The van der Waals surface area contributed by atoms with Crippen molar-refractivity contribution in [3.8, 4) is 5.75 Å². The molecule has 10 nitrogen and oxygen atoms in total. The van der Waals surface area contributed by atoms with E-state index in [-0.39, 0.29) is 59.6 Å². The molecule has 1 saturated heterocycles. The topological polar surface area (TPSA) is 127 Å². The van der Waals surface area contributed by atoms with E-state index in [1.807, 2.05) is 0 Å². The van der Waals surface area contributed by atoms with E-state index in [1.54, 1.807) is 17.3 Å². The molecule has 0 radical (unpaired) electrons. The summed E-state index contributed by atoms with van der Waals surface area (Å²) >= 11 is 1.44. The number of oxazole rings is 1. The summed E-state index contributed by atoms with van der Waals surface area (Å²) in [6.45, 7) is 0.375. The number of ether oxygens (including phenoxy) is 1. The zero-order chi connectivity index (χ0) is 28.2. The number of rotatable bonds is 12. The number of hydroxylamine groups is 2. The van der Waals surface area contributed by atoms with Crippen LogP contribution in [0.1, 0.15) is 40.8 Å². The second kappa shape index (κ2) is 12.1. The van der Waals surface area contributed by atoms with Crippen LogP contribution in [0.5, 0.6) is 5.75 Å². The lowest BCUT2D eigenvalue weighted by Gasteiger charge is -2.21. The number of carboxylic acids is 1. The number of carbonyl (C=O) groups excluding carboxylic acids is 1. The van der Waals surface area contributed by atoms with Gasteiger partial charge in [0.15, 0.2) is 17.2 Å². The number of anilines is 2. The molecular formula is C27H26F2N4O6S. The molecule has 13 heteroatoms. The average Bonchev–Trinajstić information content (AvgIpc) is 3.68. The van der Waals surface area contributed by atoms with Crippen LogP contribution in [-0.4, -0.2) is 52.2 Å². The third-order valence-electron chi connectivity index (χ3n) is 6.40. The molecule has 2 N–H and O–H groups in total. The quantitative estimate of drug-likeness (QED) is 0.233. The number of aliphatic carboxylic acids is 1. The number of methoxy groups -OCH3 is 1. The van der Waals surface area contributed by atoms with Crippen LogP contribution in [0, 0.1) is 11.6 Å². The van der Waals surface area contributed by atoms with Gasteiger partial charge in [0.25, 0.3) is 6.01 Å². The van der Waals surface area contributed by atoms with E-state index in [0.29, 0.717) is 18.7 Å². The molecule has 2 aromatic heterocycles. The van der Waals surface area contributed by atoms with E-state index in [2.05, 4.69) is 15.3 Å². The van der Waals surface area contributed by atoms with Gasteiger partial charge >= 0.3 is 5.97 Å². The smallest absolute Gasteiger partial charge is 0.303 e. The molecule has 0 spiro atoms. The van der Waals surface area contributed by atoms with Crippen molar-refractivity contribution in [2.24, 2.45) is 0 Å². The maximum absolute atomic E-state index is 15.2. The SMILES string of the molecule is COc1ccc(F)cc1Nc1nc2ccc(CC(=O)CON3CCC[C@H]3c3ncc(CCC(=O)O)s3)c(F)c2o1. The standard InChI is InChI=1S/C27H26F2N4O6S/c1-37-22-8-5-16(28)12-20(22)32-27-31-19-7-4-15(24(29)25(19)39-27)11-17(34)14-38-33-10-2-3-21(33)26-30-13-18(40-26)6-9-23(35)36/h4-5,7-8,12-13,21H,2-3,6,9-11,14H2,1H3,(H,31,32)(H,35,36)/t21-/m0/s1. The maximum Gasteiger partial charge on any atom is 0.303 e. The second-order valence-corrected chi connectivity index (χ2v) is 10.4. The van der Waals surface area contributed by atoms with E-state index in [9.17, 15) is 14.0 Å². The van der Waals surface area contributed by atoms with E-state index in [1.165, 1.54) is 42.7 Å². The molecule has 1 atom stereocenters. The minimum atomic E-state index is -0.861. The molecular weight excluding hydrogens is 546 g/mol. The van der Waals surface area contributed by atoms with Gasteiger partial charge < -0.3 is 19.6 Å². The fourth-order valence-corrected chi connectivity index (χ4v) is 5.52. The fraction of sp³-hybridized carbons (Fsp3) is 0.333. The van der Waals surface area contributed by atoms with Gasteiger partial charge in [0.1, 0.15) is 28.7 Å². The molecule has 1 aliphatic heterocycles. The van der Waals surface area contributed by atoms with Gasteiger partial charge in [0.2, 0.25) is 0 Å². The molecule has 210 valence electrons. The molecule has 0 aliphatic carbocycles. The Labute approximate surface area is 231 Å². The van der Waals surface area contributed by atoms with Crippen molar-refractivity contribution in [1.29, 1.82) is 0 Å². The minimum Gasteiger partial charge on any atom is -0.495 e. The first-order valence-corrected chi connectivity index (χ1v) is 13.4. The molecule has 40 heavy (non-hydrogen) atoms. The summed E-state index contributed by atoms with van der Waals surface area (Å²) in [5, 5.41) is 14.2. The predicted octanol–water partition coefficient (Wildman–Crippen LogP) is 5.21. The second-order valence-electron chi connectivity index (χ2n) is 9.22. The summed E-state index contributed by atoms with van der Waals surface area (Å²) in [4.78, 5) is 38.8. The first-order chi connectivity index (χ1) is 19.3. The Hall–Kier alpha value is -3.94. The zero-order valence-corrected chi connectivity index (χ0v) is 22.3. The van der Waals surface area contributed by atoms with Crippen molar-refractivity contribution in [3.05, 3.63) is 63.6 Å². The Balaban J connectivity index is 1.21. The van der Waals surface area contributed by atoms with Crippen molar-refractivity contribution in [1.82, 2.24) is 15.0 Å². The van der Waals surface area contributed by atoms with Crippen LogP contribution in [0.3, 0.4) is 0 Å². The maximum atomic E-state index is 15.2. The van der Waals surface area contributed by atoms with Crippen LogP contribution in [-0.2, 0) is 27.3 Å². The molecule has 3 heterocycles. The van der Waals surface area contributed by atoms with Crippen molar-refractivity contribution >= 4 is 45.9 Å². The summed E-state index contributed by atoms with van der Waals surface area (Å²) in [6, 6.07) is 6.71. The van der Waals surface area contributed by atoms with E-state index in [4.69, 9.17) is 19.1 Å². The van der Waals surface area contributed by atoms with Crippen LogP contribution >= 0.6 is 11.3 Å². The number of Topliss-reactive ketones (excluding diaryl/α,β-unsaturated/α-hetero) is 1. The summed E-state index contributed by atoms with van der Waals surface area (Å²) in [5.41, 5.74) is 0.490. The van der Waals surface area contributed by atoms with Gasteiger partial charge in [0.05, 0.1) is 25.3 Å². The summed E-state index contributed by atoms with van der Waals surface area (Å²) in [5.74, 6) is -2.05. The Bertz CT molecular complexity index is 1540. The molecule has 0 bridgehead atoms. The van der Waals surface area contributed by atoms with Crippen molar-refractivity contribution in [3.63, 3.8) is 0 Å². The molecule has 1 fully saturated rings.